The van der Waals surface area contributed by atoms with Gasteiger partial charge in [0, 0.05) is 27.1 Å². The summed E-state index contributed by atoms with van der Waals surface area (Å²) in [6.45, 7) is 0. The first-order valence-corrected chi connectivity index (χ1v) is 17.8. The van der Waals surface area contributed by atoms with Crippen molar-refractivity contribution < 1.29 is 14.3 Å². The second-order valence-electron chi connectivity index (χ2n) is 13.7. The summed E-state index contributed by atoms with van der Waals surface area (Å²) in [5.74, 6) is 1.74. The molecule has 0 spiro atoms. The molecule has 0 fully saturated rings. The summed E-state index contributed by atoms with van der Waals surface area (Å²) in [6.07, 6.45) is 0. The number of hydrogen-bond acceptors (Lipinski definition) is 3. The van der Waals surface area contributed by atoms with Crippen molar-refractivity contribution in [3.05, 3.63) is 170 Å². The third-order valence-corrected chi connectivity index (χ3v) is 10.6. The topological polar surface area (TPSA) is 47.5 Å². The van der Waals surface area contributed by atoms with Gasteiger partial charge in [-0.1, -0.05) is 109 Å². The number of nitrogens with zero attached hydrogens (tertiary/aromatic N) is 1. The maximum Gasteiger partial charge on any atom is 0.202 e. The monoisotopic (exact) mass is 678 g/mol. The molecule has 1 aliphatic heterocycles. The summed E-state index contributed by atoms with van der Waals surface area (Å²) in [5.41, 5.74) is 12.7. The van der Waals surface area contributed by atoms with Crippen LogP contribution in [0.2, 0.25) is 0 Å². The summed E-state index contributed by atoms with van der Waals surface area (Å²) >= 11 is 0. The Morgan fingerprint density at radius 1 is 0.472 bits per heavy atom. The second kappa shape index (κ2) is 11.5. The van der Waals surface area contributed by atoms with Gasteiger partial charge in [-0.2, -0.15) is 0 Å². The Kier molecular flexibility index (Phi) is 6.46. The van der Waals surface area contributed by atoms with Crippen LogP contribution in [0.4, 0.5) is 0 Å². The fourth-order valence-corrected chi connectivity index (χ4v) is 8.13. The molecule has 0 bridgehead atoms. The fraction of sp³-hybridized carbons (Fsp3) is 0. The molecule has 0 amide bonds. The van der Waals surface area contributed by atoms with Gasteiger partial charge in [-0.3, -0.25) is 0 Å². The summed E-state index contributed by atoms with van der Waals surface area (Å²) in [6, 6.07) is 58.3. The smallest absolute Gasteiger partial charge is 0.202 e. The van der Waals surface area contributed by atoms with Crippen LogP contribution in [-0.2, 0) is 0 Å². The summed E-state index contributed by atoms with van der Waals surface area (Å²) < 4.78 is 15.6. The molecular weight excluding hydrogens is 649 g/mol. The molecule has 4 nitrogen and oxygen atoms in total. The predicted molar refractivity (Wildman–Crippen MR) is 218 cm³/mol. The van der Waals surface area contributed by atoms with Crippen LogP contribution in [0, 0.1) is 0 Å². The van der Waals surface area contributed by atoms with E-state index >= 15 is 0 Å². The van der Waals surface area contributed by atoms with Crippen LogP contribution in [0.3, 0.4) is 0 Å². The van der Waals surface area contributed by atoms with Crippen molar-refractivity contribution in [1.29, 1.82) is 0 Å². The number of benzene rings is 8. The van der Waals surface area contributed by atoms with Gasteiger partial charge in [0.25, 0.3) is 0 Å². The molecular formula is C48H29BNO3. The Bertz CT molecular complexity index is 3050. The highest BCUT2D eigenvalue weighted by atomic mass is 16.5. The van der Waals surface area contributed by atoms with E-state index in [0.717, 1.165) is 94.5 Å². The van der Waals surface area contributed by atoms with Crippen LogP contribution < -0.4 is 15.7 Å². The number of phenols is 1. The zero-order valence-electron chi connectivity index (χ0n) is 28.5. The number of fused-ring (bicyclic) bond motifs is 8. The molecule has 1 aliphatic rings. The third-order valence-electron chi connectivity index (χ3n) is 10.6. The van der Waals surface area contributed by atoms with E-state index in [4.69, 9.17) is 9.15 Å². The number of aromatic hydroxyl groups is 1. The largest absolute Gasteiger partial charge is 0.507 e. The summed E-state index contributed by atoms with van der Waals surface area (Å²) in [5, 5.41) is 15.8. The first-order chi connectivity index (χ1) is 26.2. The van der Waals surface area contributed by atoms with Crippen molar-refractivity contribution in [2.24, 2.45) is 0 Å². The molecule has 10 aromatic rings. The van der Waals surface area contributed by atoms with Gasteiger partial charge < -0.3 is 18.8 Å². The predicted octanol–water partition coefficient (Wildman–Crippen LogP) is 11.2. The van der Waals surface area contributed by atoms with E-state index in [0.29, 0.717) is 0 Å². The van der Waals surface area contributed by atoms with Crippen LogP contribution >= 0.6 is 0 Å². The molecule has 0 unspecified atom stereocenters. The third kappa shape index (κ3) is 4.64. The van der Waals surface area contributed by atoms with E-state index in [9.17, 15) is 5.11 Å². The Morgan fingerprint density at radius 2 is 1.13 bits per heavy atom. The lowest BCUT2D eigenvalue weighted by Gasteiger charge is -2.26. The fourth-order valence-electron chi connectivity index (χ4n) is 8.13. The lowest BCUT2D eigenvalue weighted by molar-refractivity contribution is 0.477. The highest BCUT2D eigenvalue weighted by Crippen LogP contribution is 2.41. The SMILES string of the molecule is Oc1ccccc1-c1cc(-c2cccc(-c3ccc4c(c3)oc3ccccc34)c2)cc2c1[B]c1cccc(-n3c4ccccc4c4ccccc43)c1O2. The molecule has 0 saturated carbocycles. The Balaban J connectivity index is 1.07. The van der Waals surface area contributed by atoms with Crippen LogP contribution in [0.1, 0.15) is 0 Å². The van der Waals surface area contributed by atoms with Crippen molar-refractivity contribution in [1.82, 2.24) is 4.57 Å². The molecule has 0 saturated heterocycles. The van der Waals surface area contributed by atoms with Gasteiger partial charge in [0.1, 0.15) is 28.4 Å². The first kappa shape index (κ1) is 29.7. The van der Waals surface area contributed by atoms with E-state index in [1.165, 1.54) is 10.8 Å². The number of furan rings is 1. The standard InChI is InChI=1S/C48H29BNO3/c51-43-21-7-3-15-35(43)38-26-32(30-12-9-11-29(25-30)31-23-24-37-36-16-4-8-22-44(36)52-45(37)27-31)28-46-47(38)49-39-17-10-20-42(48(39)53-46)50-40-18-5-1-13-33(40)34-14-2-6-19-41(34)50/h1-28,51H. The number of hydrogen-bond donors (Lipinski definition) is 1. The number of phenolic OH excluding ortho intramolecular Hbond substituents is 1. The van der Waals surface area contributed by atoms with Gasteiger partial charge in [0.15, 0.2) is 0 Å². The van der Waals surface area contributed by atoms with E-state index in [1.54, 1.807) is 6.07 Å². The van der Waals surface area contributed by atoms with Gasteiger partial charge in [0.05, 0.1) is 16.7 Å². The Morgan fingerprint density at radius 3 is 1.94 bits per heavy atom. The minimum absolute atomic E-state index is 0.220. The van der Waals surface area contributed by atoms with Crippen LogP contribution in [-0.4, -0.2) is 17.0 Å². The molecule has 3 heterocycles. The van der Waals surface area contributed by atoms with Crippen LogP contribution in [0.15, 0.2) is 174 Å². The number of rotatable bonds is 4. The zero-order valence-corrected chi connectivity index (χ0v) is 28.5. The van der Waals surface area contributed by atoms with E-state index < -0.39 is 0 Å². The van der Waals surface area contributed by atoms with Gasteiger partial charge in [-0.05, 0) is 99.4 Å². The average molecular weight is 679 g/mol. The highest BCUT2D eigenvalue weighted by Gasteiger charge is 2.27. The molecule has 247 valence electrons. The van der Waals surface area contributed by atoms with Crippen LogP contribution in [0.25, 0.3) is 82.8 Å². The highest BCUT2D eigenvalue weighted by molar-refractivity contribution is 6.71. The van der Waals surface area contributed by atoms with Crippen molar-refractivity contribution in [3.8, 4) is 56.3 Å². The molecule has 11 rings (SSSR count). The number of para-hydroxylation sites is 5. The quantitative estimate of drug-likeness (QED) is 0.189. The summed E-state index contributed by atoms with van der Waals surface area (Å²) in [4.78, 5) is 0. The maximum atomic E-state index is 11.2. The Labute approximate surface area is 306 Å². The second-order valence-corrected chi connectivity index (χ2v) is 13.7. The molecule has 8 aromatic carbocycles. The minimum atomic E-state index is 0.220. The van der Waals surface area contributed by atoms with E-state index in [2.05, 4.69) is 139 Å². The lowest BCUT2D eigenvalue weighted by atomic mass is 9.59. The first-order valence-electron chi connectivity index (χ1n) is 17.8. The molecule has 2 aromatic heterocycles. The van der Waals surface area contributed by atoms with Crippen LogP contribution in [0.5, 0.6) is 17.2 Å². The lowest BCUT2D eigenvalue weighted by Crippen LogP contribution is -2.35. The van der Waals surface area contributed by atoms with Crippen molar-refractivity contribution in [3.63, 3.8) is 0 Å². The van der Waals surface area contributed by atoms with Crippen molar-refractivity contribution in [2.45, 2.75) is 0 Å². The van der Waals surface area contributed by atoms with Gasteiger partial charge >= 0.3 is 0 Å². The maximum absolute atomic E-state index is 11.2. The van der Waals surface area contributed by atoms with Gasteiger partial charge in [0.2, 0.25) is 7.28 Å². The number of ether oxygens (including phenoxy) is 1. The molecule has 0 aliphatic carbocycles. The molecule has 1 radical (unpaired) electrons. The van der Waals surface area contributed by atoms with E-state index in [-0.39, 0.29) is 5.75 Å². The molecule has 5 heteroatoms. The van der Waals surface area contributed by atoms with E-state index in [1.807, 2.05) is 36.4 Å². The summed E-state index contributed by atoms with van der Waals surface area (Å²) in [7, 11) is 2.19. The van der Waals surface area contributed by atoms with Gasteiger partial charge in [-0.15, -0.1) is 0 Å². The normalized spacial score (nSPS) is 12.2. The van der Waals surface area contributed by atoms with Gasteiger partial charge in [-0.25, -0.2) is 0 Å². The average Bonchev–Trinajstić information content (AvgIpc) is 3.75. The molecule has 53 heavy (non-hydrogen) atoms. The Hall–Kier alpha value is -6.98. The molecule has 0 atom stereocenters. The zero-order chi connectivity index (χ0) is 35.0. The number of aromatic nitrogens is 1. The minimum Gasteiger partial charge on any atom is -0.507 e. The van der Waals surface area contributed by atoms with Crippen molar-refractivity contribution >= 4 is 61.9 Å². The van der Waals surface area contributed by atoms with Crippen molar-refractivity contribution in [2.75, 3.05) is 0 Å². The molecule has 1 N–H and O–H groups in total.